The predicted molar refractivity (Wildman–Crippen MR) is 88.0 cm³/mol. The van der Waals surface area contributed by atoms with Crippen LogP contribution < -0.4 is 9.47 Å². The Morgan fingerprint density at radius 3 is 1.61 bits per heavy atom. The van der Waals surface area contributed by atoms with Crippen molar-refractivity contribution >= 4 is 0 Å². The number of pyridine rings is 2. The van der Waals surface area contributed by atoms with Gasteiger partial charge in [-0.15, -0.1) is 0 Å². The Morgan fingerprint density at radius 2 is 1.22 bits per heavy atom. The third kappa shape index (κ3) is 3.16. The average molecular weight is 310 g/mol. The van der Waals surface area contributed by atoms with Gasteiger partial charge in [0, 0.05) is 24.5 Å². The molecule has 0 aromatic carbocycles. The number of nitrogens with zero attached hydrogens (tertiary/aromatic N) is 2. The van der Waals surface area contributed by atoms with Crippen LogP contribution in [0, 0.1) is 0 Å². The molecule has 1 fully saturated rings. The summed E-state index contributed by atoms with van der Waals surface area (Å²) in [6.07, 6.45) is 9.51. The summed E-state index contributed by atoms with van der Waals surface area (Å²) < 4.78 is 11.4. The van der Waals surface area contributed by atoms with Crippen molar-refractivity contribution in [1.29, 1.82) is 0 Å². The zero-order chi connectivity index (χ0) is 15.5. The van der Waals surface area contributed by atoms with Crippen LogP contribution in [0.15, 0.2) is 36.7 Å². The molecular weight excluding hydrogens is 288 g/mol. The molecule has 2 atom stereocenters. The first kappa shape index (κ1) is 14.5. The van der Waals surface area contributed by atoms with Crippen LogP contribution in [0.1, 0.15) is 55.1 Å². The van der Waals surface area contributed by atoms with Gasteiger partial charge >= 0.3 is 0 Å². The van der Waals surface area contributed by atoms with E-state index in [0.29, 0.717) is 25.0 Å². The van der Waals surface area contributed by atoms with E-state index in [1.807, 2.05) is 24.5 Å². The molecule has 0 amide bonds. The predicted octanol–water partition coefficient (Wildman–Crippen LogP) is 4.08. The molecule has 0 radical (unpaired) electrons. The van der Waals surface area contributed by atoms with Crippen molar-refractivity contribution in [2.24, 2.45) is 0 Å². The van der Waals surface area contributed by atoms with Crippen LogP contribution >= 0.6 is 0 Å². The number of rotatable bonds is 0. The van der Waals surface area contributed by atoms with E-state index in [9.17, 15) is 0 Å². The van der Waals surface area contributed by atoms with E-state index in [0.717, 1.165) is 31.0 Å². The summed E-state index contributed by atoms with van der Waals surface area (Å²) >= 11 is 0. The Labute approximate surface area is 136 Å². The van der Waals surface area contributed by atoms with Gasteiger partial charge in [0.25, 0.3) is 0 Å². The summed E-state index contributed by atoms with van der Waals surface area (Å²) in [5, 5.41) is 0. The molecule has 0 saturated heterocycles. The van der Waals surface area contributed by atoms with Crippen LogP contribution in [0.3, 0.4) is 0 Å². The quantitative estimate of drug-likeness (QED) is 0.735. The lowest BCUT2D eigenvalue weighted by atomic mass is 9.67. The zero-order valence-electron chi connectivity index (χ0n) is 13.3. The molecule has 6 rings (SSSR count). The minimum atomic E-state index is 0.542. The number of hydrogen-bond donors (Lipinski definition) is 0. The van der Waals surface area contributed by atoms with Crippen LogP contribution in [-0.2, 0) is 0 Å². The summed E-state index contributed by atoms with van der Waals surface area (Å²) in [7, 11) is 0. The Bertz CT molecular complexity index is 582. The fourth-order valence-corrected chi connectivity index (χ4v) is 3.43. The molecule has 5 heterocycles. The van der Waals surface area contributed by atoms with Crippen LogP contribution in [0.2, 0.25) is 0 Å². The zero-order valence-corrected chi connectivity index (χ0v) is 13.3. The second-order valence-corrected chi connectivity index (χ2v) is 6.41. The molecule has 0 N–H and O–H groups in total. The highest BCUT2D eigenvalue weighted by Gasteiger charge is 2.33. The highest BCUT2D eigenvalue weighted by atomic mass is 16.5. The smallest absolute Gasteiger partial charge is 0.213 e. The van der Waals surface area contributed by atoms with E-state index in [4.69, 9.17) is 9.47 Å². The lowest BCUT2D eigenvalue weighted by molar-refractivity contribution is 0.269. The van der Waals surface area contributed by atoms with Gasteiger partial charge in [-0.05, 0) is 55.1 Å². The second-order valence-electron chi connectivity index (χ2n) is 6.41. The van der Waals surface area contributed by atoms with Crippen molar-refractivity contribution < 1.29 is 9.47 Å². The van der Waals surface area contributed by atoms with Crippen LogP contribution in [-0.4, -0.2) is 23.2 Å². The summed E-state index contributed by atoms with van der Waals surface area (Å²) in [6, 6.07) is 8.35. The minimum Gasteiger partial charge on any atom is -0.478 e. The van der Waals surface area contributed by atoms with Crippen molar-refractivity contribution in [1.82, 2.24) is 9.97 Å². The van der Waals surface area contributed by atoms with E-state index in [1.54, 1.807) is 0 Å². The highest BCUT2D eigenvalue weighted by molar-refractivity contribution is 5.32. The molecule has 23 heavy (non-hydrogen) atoms. The van der Waals surface area contributed by atoms with Gasteiger partial charge in [-0.3, -0.25) is 0 Å². The molecule has 2 unspecified atom stereocenters. The molecule has 4 heteroatoms. The number of ether oxygens (including phenoxy) is 2. The first-order valence-corrected chi connectivity index (χ1v) is 8.58. The first-order valence-electron chi connectivity index (χ1n) is 8.58. The molecule has 3 aliphatic heterocycles. The third-order valence-corrected chi connectivity index (χ3v) is 4.94. The molecule has 0 spiro atoms. The number of fused-ring (bicyclic) bond motifs is 2. The normalized spacial score (nSPS) is 24.0. The van der Waals surface area contributed by atoms with E-state index < -0.39 is 0 Å². The second kappa shape index (κ2) is 6.57. The fourth-order valence-electron chi connectivity index (χ4n) is 3.43. The van der Waals surface area contributed by atoms with Gasteiger partial charge in [-0.2, -0.15) is 0 Å². The van der Waals surface area contributed by atoms with Crippen molar-refractivity contribution in [3.05, 3.63) is 47.8 Å². The van der Waals surface area contributed by atoms with E-state index in [1.165, 1.54) is 24.0 Å². The molecule has 4 aliphatic rings. The van der Waals surface area contributed by atoms with Crippen molar-refractivity contribution in [3.8, 4) is 11.8 Å². The largest absolute Gasteiger partial charge is 0.478 e. The Hall–Kier alpha value is -2.10. The van der Waals surface area contributed by atoms with Gasteiger partial charge in [0.05, 0.1) is 13.2 Å². The van der Waals surface area contributed by atoms with Crippen LogP contribution in [0.5, 0.6) is 11.8 Å². The minimum absolute atomic E-state index is 0.542. The average Bonchev–Trinajstić information content (AvgIpc) is 2.55. The lowest BCUT2D eigenvalue weighted by Gasteiger charge is -2.37. The van der Waals surface area contributed by atoms with Gasteiger partial charge in [0.15, 0.2) is 0 Å². The Kier molecular flexibility index (Phi) is 4.14. The molecule has 4 bridgehead atoms. The van der Waals surface area contributed by atoms with E-state index in [2.05, 4.69) is 22.1 Å². The Balaban J connectivity index is 1.59. The molecular formula is C19H22N2O2. The van der Waals surface area contributed by atoms with Gasteiger partial charge < -0.3 is 9.47 Å². The van der Waals surface area contributed by atoms with Crippen molar-refractivity contribution in [3.63, 3.8) is 0 Å². The highest BCUT2D eigenvalue weighted by Crippen LogP contribution is 2.48. The molecule has 2 aromatic heterocycles. The number of hydrogen-bond acceptors (Lipinski definition) is 4. The summed E-state index contributed by atoms with van der Waals surface area (Å²) in [5.74, 6) is 2.55. The summed E-state index contributed by atoms with van der Waals surface area (Å²) in [6.45, 7) is 1.43. The van der Waals surface area contributed by atoms with E-state index in [-0.39, 0.29) is 0 Å². The third-order valence-electron chi connectivity index (χ3n) is 4.94. The monoisotopic (exact) mass is 310 g/mol. The van der Waals surface area contributed by atoms with Crippen molar-refractivity contribution in [2.75, 3.05) is 13.2 Å². The standard InChI is InChI=1S/C19H22N2O2/c1-2-10-22-18-8-4-14(12-20-18)16-6-7-17(16)15-5-9-19(21-13-15)23-11-3-1/h4-5,8-9,12-13,16-17H,1-3,6-7,10-11H2. The Morgan fingerprint density at radius 1 is 0.696 bits per heavy atom. The van der Waals surface area contributed by atoms with Gasteiger partial charge in [0.1, 0.15) is 0 Å². The SMILES string of the molecule is c1cc2ncc1C1CCC1c1ccc(nc1)OCCCCCO2. The topological polar surface area (TPSA) is 44.2 Å². The first-order chi connectivity index (χ1) is 11.4. The van der Waals surface area contributed by atoms with Crippen LogP contribution in [0.25, 0.3) is 0 Å². The molecule has 1 saturated carbocycles. The van der Waals surface area contributed by atoms with Gasteiger partial charge in [-0.1, -0.05) is 12.1 Å². The maximum atomic E-state index is 5.72. The molecule has 2 aromatic rings. The van der Waals surface area contributed by atoms with Crippen LogP contribution in [0.4, 0.5) is 0 Å². The summed E-state index contributed by atoms with van der Waals surface area (Å²) in [4.78, 5) is 8.95. The van der Waals surface area contributed by atoms with Crippen molar-refractivity contribution in [2.45, 2.75) is 43.9 Å². The number of aromatic nitrogens is 2. The molecule has 4 nitrogen and oxygen atoms in total. The van der Waals surface area contributed by atoms with Gasteiger partial charge in [-0.25, -0.2) is 9.97 Å². The molecule has 120 valence electrons. The van der Waals surface area contributed by atoms with Gasteiger partial charge in [0.2, 0.25) is 11.8 Å². The van der Waals surface area contributed by atoms with E-state index >= 15 is 0 Å². The maximum Gasteiger partial charge on any atom is 0.213 e. The maximum absolute atomic E-state index is 5.72. The fraction of sp³-hybridized carbons (Fsp3) is 0.474. The summed E-state index contributed by atoms with van der Waals surface area (Å²) in [5.41, 5.74) is 2.61. The lowest BCUT2D eigenvalue weighted by Crippen LogP contribution is -2.22. The molecule has 1 aliphatic carbocycles.